The number of primary amides is 1. The number of anilines is 1. The van der Waals surface area contributed by atoms with Crippen LogP contribution in [0.4, 0.5) is 5.82 Å². The minimum atomic E-state index is -0.429. The Morgan fingerprint density at radius 2 is 2.43 bits per heavy atom. The van der Waals surface area contributed by atoms with E-state index in [1.165, 1.54) is 0 Å². The van der Waals surface area contributed by atoms with Crippen molar-refractivity contribution in [3.63, 3.8) is 0 Å². The summed E-state index contributed by atoms with van der Waals surface area (Å²) in [5, 5.41) is 6.33. The van der Waals surface area contributed by atoms with Gasteiger partial charge < -0.3 is 16.4 Å². The van der Waals surface area contributed by atoms with Crippen LogP contribution in [0.15, 0.2) is 18.3 Å². The van der Waals surface area contributed by atoms with Gasteiger partial charge in [-0.1, -0.05) is 0 Å². The van der Waals surface area contributed by atoms with Crippen LogP contribution in [0.3, 0.4) is 0 Å². The highest BCUT2D eigenvalue weighted by Gasteiger charge is 2.16. The van der Waals surface area contributed by atoms with E-state index in [0.29, 0.717) is 17.4 Å². The highest BCUT2D eigenvalue weighted by Crippen LogP contribution is 2.08. The second kappa shape index (κ2) is 3.63. The van der Waals surface area contributed by atoms with Gasteiger partial charge in [0.25, 0.3) is 0 Å². The number of pyridine rings is 1. The molecular weight excluding hydrogens is 180 g/mol. The van der Waals surface area contributed by atoms with Gasteiger partial charge in [-0.15, -0.1) is 0 Å². The van der Waals surface area contributed by atoms with Crippen molar-refractivity contribution in [2.45, 2.75) is 6.04 Å². The molecule has 0 saturated carbocycles. The third-order valence-corrected chi connectivity index (χ3v) is 2.18. The Morgan fingerprint density at radius 3 is 3.00 bits per heavy atom. The van der Waals surface area contributed by atoms with E-state index < -0.39 is 5.91 Å². The molecule has 2 heterocycles. The van der Waals surface area contributed by atoms with Gasteiger partial charge >= 0.3 is 0 Å². The lowest BCUT2D eigenvalue weighted by Gasteiger charge is -2.28. The molecule has 0 atom stereocenters. The molecule has 0 radical (unpaired) electrons. The van der Waals surface area contributed by atoms with Gasteiger partial charge in [-0.3, -0.25) is 4.79 Å². The molecule has 5 nitrogen and oxygen atoms in total. The Bertz CT molecular complexity index is 348. The maximum absolute atomic E-state index is 10.9. The molecule has 0 spiro atoms. The zero-order chi connectivity index (χ0) is 9.97. The van der Waals surface area contributed by atoms with Gasteiger partial charge in [0.1, 0.15) is 5.82 Å². The first-order valence-corrected chi connectivity index (χ1v) is 4.49. The molecular formula is C9H12N4O. The van der Waals surface area contributed by atoms with Crippen molar-refractivity contribution in [2.75, 3.05) is 18.4 Å². The van der Waals surface area contributed by atoms with E-state index in [4.69, 9.17) is 5.73 Å². The first kappa shape index (κ1) is 8.96. The number of amides is 1. The maximum Gasteiger partial charge on any atom is 0.248 e. The van der Waals surface area contributed by atoms with E-state index in [0.717, 1.165) is 13.1 Å². The van der Waals surface area contributed by atoms with Crippen molar-refractivity contribution >= 4 is 11.7 Å². The van der Waals surface area contributed by atoms with Gasteiger partial charge in [-0.2, -0.15) is 0 Å². The number of nitrogens with zero attached hydrogens (tertiary/aromatic N) is 1. The van der Waals surface area contributed by atoms with E-state index in [-0.39, 0.29) is 0 Å². The summed E-state index contributed by atoms with van der Waals surface area (Å²) >= 11 is 0. The third-order valence-electron chi connectivity index (χ3n) is 2.18. The average Bonchev–Trinajstić information content (AvgIpc) is 2.12. The number of aromatic nitrogens is 1. The Balaban J connectivity index is 2.09. The van der Waals surface area contributed by atoms with Crippen LogP contribution < -0.4 is 16.4 Å². The molecule has 1 aromatic heterocycles. The number of rotatable bonds is 3. The smallest absolute Gasteiger partial charge is 0.248 e. The van der Waals surface area contributed by atoms with Gasteiger partial charge in [0, 0.05) is 24.8 Å². The fourth-order valence-electron chi connectivity index (χ4n) is 1.26. The molecule has 1 aromatic rings. The van der Waals surface area contributed by atoms with Crippen molar-refractivity contribution in [2.24, 2.45) is 5.73 Å². The monoisotopic (exact) mass is 192 g/mol. The molecule has 2 rings (SSSR count). The van der Waals surface area contributed by atoms with Crippen molar-refractivity contribution < 1.29 is 4.79 Å². The summed E-state index contributed by atoms with van der Waals surface area (Å²) in [7, 11) is 0. The lowest BCUT2D eigenvalue weighted by Crippen LogP contribution is -2.51. The maximum atomic E-state index is 10.9. The average molecular weight is 192 g/mol. The van der Waals surface area contributed by atoms with Crippen LogP contribution >= 0.6 is 0 Å². The Morgan fingerprint density at radius 1 is 1.64 bits per heavy atom. The Labute approximate surface area is 81.7 Å². The van der Waals surface area contributed by atoms with Crippen LogP contribution in [-0.2, 0) is 0 Å². The SMILES string of the molecule is NC(=O)c1ccnc(NC2CNC2)c1. The molecule has 5 heteroatoms. The first-order chi connectivity index (χ1) is 6.75. The topological polar surface area (TPSA) is 80.0 Å². The van der Waals surface area contributed by atoms with Gasteiger partial charge in [0.15, 0.2) is 0 Å². The van der Waals surface area contributed by atoms with Crippen LogP contribution in [-0.4, -0.2) is 30.0 Å². The minimum absolute atomic E-state index is 0.408. The lowest BCUT2D eigenvalue weighted by atomic mass is 10.2. The standard InChI is InChI=1S/C9H12N4O/c10-9(14)6-1-2-12-8(3-6)13-7-4-11-5-7/h1-3,7,11H,4-5H2,(H2,10,14)(H,12,13). The Hall–Kier alpha value is -1.62. The predicted octanol–water partition coefficient (Wildman–Crippen LogP) is -0.436. The second-order valence-electron chi connectivity index (χ2n) is 3.29. The normalized spacial score (nSPS) is 16.0. The third kappa shape index (κ3) is 1.82. The summed E-state index contributed by atoms with van der Waals surface area (Å²) in [6.45, 7) is 1.87. The number of hydrogen-bond acceptors (Lipinski definition) is 4. The molecule has 14 heavy (non-hydrogen) atoms. The highest BCUT2D eigenvalue weighted by atomic mass is 16.1. The van der Waals surface area contributed by atoms with Gasteiger partial charge in [0.05, 0.1) is 6.04 Å². The quantitative estimate of drug-likeness (QED) is 0.606. The van der Waals surface area contributed by atoms with E-state index in [9.17, 15) is 4.79 Å². The zero-order valence-corrected chi connectivity index (χ0v) is 7.66. The van der Waals surface area contributed by atoms with Gasteiger partial charge in [0.2, 0.25) is 5.91 Å². The summed E-state index contributed by atoms with van der Waals surface area (Å²) in [4.78, 5) is 15.0. The predicted molar refractivity (Wildman–Crippen MR) is 53.0 cm³/mol. The lowest BCUT2D eigenvalue weighted by molar-refractivity contribution is 0.1000. The van der Waals surface area contributed by atoms with Gasteiger partial charge in [-0.05, 0) is 12.1 Å². The molecule has 0 aromatic carbocycles. The second-order valence-corrected chi connectivity index (χ2v) is 3.29. The number of hydrogen-bond donors (Lipinski definition) is 3. The first-order valence-electron chi connectivity index (χ1n) is 4.49. The van der Waals surface area contributed by atoms with E-state index in [1.54, 1.807) is 18.3 Å². The largest absolute Gasteiger partial charge is 0.366 e. The molecule has 1 amide bonds. The van der Waals surface area contributed by atoms with Crippen molar-refractivity contribution in [3.8, 4) is 0 Å². The molecule has 1 saturated heterocycles. The minimum Gasteiger partial charge on any atom is -0.366 e. The number of carbonyl (C=O) groups is 1. The summed E-state index contributed by atoms with van der Waals surface area (Å²) in [5.74, 6) is 0.273. The van der Waals surface area contributed by atoms with Crippen LogP contribution in [0.2, 0.25) is 0 Å². The summed E-state index contributed by atoms with van der Waals surface area (Å²) in [6.07, 6.45) is 1.58. The van der Waals surface area contributed by atoms with Crippen LogP contribution in [0, 0.1) is 0 Å². The van der Waals surface area contributed by atoms with E-state index >= 15 is 0 Å². The summed E-state index contributed by atoms with van der Waals surface area (Å²) in [5.41, 5.74) is 5.63. The number of carbonyl (C=O) groups excluding carboxylic acids is 1. The molecule has 0 unspecified atom stereocenters. The highest BCUT2D eigenvalue weighted by molar-refractivity contribution is 5.93. The van der Waals surface area contributed by atoms with Crippen molar-refractivity contribution in [1.29, 1.82) is 0 Å². The number of nitrogens with two attached hydrogens (primary N) is 1. The number of nitrogens with one attached hydrogen (secondary N) is 2. The van der Waals surface area contributed by atoms with Crippen molar-refractivity contribution in [3.05, 3.63) is 23.9 Å². The summed E-state index contributed by atoms with van der Waals surface area (Å²) in [6, 6.07) is 3.68. The fourth-order valence-corrected chi connectivity index (χ4v) is 1.26. The van der Waals surface area contributed by atoms with Crippen LogP contribution in [0.25, 0.3) is 0 Å². The molecule has 4 N–H and O–H groups in total. The molecule has 1 fully saturated rings. The van der Waals surface area contributed by atoms with Crippen molar-refractivity contribution in [1.82, 2.24) is 10.3 Å². The molecule has 74 valence electrons. The zero-order valence-electron chi connectivity index (χ0n) is 7.66. The van der Waals surface area contributed by atoms with Crippen LogP contribution in [0.5, 0.6) is 0 Å². The summed E-state index contributed by atoms with van der Waals surface area (Å²) < 4.78 is 0. The van der Waals surface area contributed by atoms with E-state index in [1.807, 2.05) is 0 Å². The van der Waals surface area contributed by atoms with E-state index in [2.05, 4.69) is 15.6 Å². The molecule has 1 aliphatic heterocycles. The van der Waals surface area contributed by atoms with Gasteiger partial charge in [-0.25, -0.2) is 4.98 Å². The fraction of sp³-hybridized carbons (Fsp3) is 0.333. The molecule has 0 aliphatic carbocycles. The molecule has 1 aliphatic rings. The Kier molecular flexibility index (Phi) is 2.32. The van der Waals surface area contributed by atoms with Crippen LogP contribution in [0.1, 0.15) is 10.4 Å². The molecule has 0 bridgehead atoms.